The number of nitrogens with one attached hydrogen (secondary N) is 2. The first-order chi connectivity index (χ1) is 11.8. The molecule has 2 aromatic rings. The Balaban J connectivity index is 1.49. The molecule has 3 rings (SSSR count). The van der Waals surface area contributed by atoms with Crippen molar-refractivity contribution >= 4 is 17.7 Å². The molecule has 0 bridgehead atoms. The molecule has 0 radical (unpaired) electrons. The van der Waals surface area contributed by atoms with E-state index in [9.17, 15) is 4.79 Å². The number of aromatic nitrogens is 2. The average molecular weight is 325 g/mol. The molecule has 1 fully saturated rings. The number of hydrogen-bond donors (Lipinski definition) is 2. The molecule has 0 aliphatic carbocycles. The van der Waals surface area contributed by atoms with Gasteiger partial charge in [-0.2, -0.15) is 0 Å². The molecule has 1 aliphatic rings. The molecular formula is C18H23N5O. The molecule has 0 atom stereocenters. The lowest BCUT2D eigenvalue weighted by Gasteiger charge is -2.27. The van der Waals surface area contributed by atoms with Crippen molar-refractivity contribution in [1.82, 2.24) is 15.3 Å². The van der Waals surface area contributed by atoms with E-state index in [1.54, 1.807) is 0 Å². The van der Waals surface area contributed by atoms with Gasteiger partial charge >= 0.3 is 6.03 Å². The van der Waals surface area contributed by atoms with E-state index in [1.165, 1.54) is 31.2 Å². The molecule has 2 heterocycles. The van der Waals surface area contributed by atoms with Crippen molar-refractivity contribution in [3.63, 3.8) is 0 Å². The SMILES string of the molecule is O=C(NCCc1ccccc1)Nc1cc(N2CCCCC2)ncn1. The first-order valence-corrected chi connectivity index (χ1v) is 8.47. The zero-order valence-corrected chi connectivity index (χ0v) is 13.7. The Hall–Kier alpha value is -2.63. The van der Waals surface area contributed by atoms with Gasteiger partial charge in [0.2, 0.25) is 0 Å². The highest BCUT2D eigenvalue weighted by Gasteiger charge is 2.13. The minimum Gasteiger partial charge on any atom is -0.356 e. The topological polar surface area (TPSA) is 70.2 Å². The van der Waals surface area contributed by atoms with Gasteiger partial charge in [-0.1, -0.05) is 30.3 Å². The number of rotatable bonds is 5. The molecule has 0 unspecified atom stereocenters. The Bertz CT molecular complexity index is 655. The van der Waals surface area contributed by atoms with E-state index < -0.39 is 0 Å². The van der Waals surface area contributed by atoms with Gasteiger partial charge in [-0.05, 0) is 31.2 Å². The zero-order chi connectivity index (χ0) is 16.6. The molecule has 6 heteroatoms. The van der Waals surface area contributed by atoms with Gasteiger partial charge in [0.25, 0.3) is 0 Å². The fraction of sp³-hybridized carbons (Fsp3) is 0.389. The molecule has 0 spiro atoms. The van der Waals surface area contributed by atoms with Crippen LogP contribution in [0.4, 0.5) is 16.4 Å². The second-order valence-corrected chi connectivity index (χ2v) is 5.93. The fourth-order valence-corrected chi connectivity index (χ4v) is 2.84. The third-order valence-electron chi connectivity index (χ3n) is 4.12. The number of amides is 2. The van der Waals surface area contributed by atoms with Crippen LogP contribution in [0.2, 0.25) is 0 Å². The number of urea groups is 1. The van der Waals surface area contributed by atoms with Crippen molar-refractivity contribution in [2.75, 3.05) is 29.9 Å². The summed E-state index contributed by atoms with van der Waals surface area (Å²) in [4.78, 5) is 22.7. The second-order valence-electron chi connectivity index (χ2n) is 5.93. The van der Waals surface area contributed by atoms with Crippen molar-refractivity contribution in [2.24, 2.45) is 0 Å². The molecule has 1 saturated heterocycles. The van der Waals surface area contributed by atoms with Gasteiger partial charge in [-0.25, -0.2) is 14.8 Å². The van der Waals surface area contributed by atoms with Crippen LogP contribution in [0.1, 0.15) is 24.8 Å². The highest BCUT2D eigenvalue weighted by molar-refractivity contribution is 5.88. The Labute approximate surface area is 142 Å². The molecule has 1 aliphatic heterocycles. The van der Waals surface area contributed by atoms with Gasteiger partial charge in [0.15, 0.2) is 0 Å². The maximum absolute atomic E-state index is 12.0. The summed E-state index contributed by atoms with van der Waals surface area (Å²) in [5.41, 5.74) is 1.20. The highest BCUT2D eigenvalue weighted by atomic mass is 16.2. The monoisotopic (exact) mass is 325 g/mol. The Morgan fingerprint density at radius 3 is 2.67 bits per heavy atom. The smallest absolute Gasteiger partial charge is 0.320 e. The summed E-state index contributed by atoms with van der Waals surface area (Å²) < 4.78 is 0. The molecule has 2 N–H and O–H groups in total. The Morgan fingerprint density at radius 2 is 1.88 bits per heavy atom. The summed E-state index contributed by atoms with van der Waals surface area (Å²) in [6.45, 7) is 2.61. The van der Waals surface area contributed by atoms with Gasteiger partial charge in [0.05, 0.1) is 0 Å². The first kappa shape index (κ1) is 16.2. The number of nitrogens with zero attached hydrogens (tertiary/aromatic N) is 3. The maximum Gasteiger partial charge on any atom is 0.320 e. The lowest BCUT2D eigenvalue weighted by Crippen LogP contribution is -2.32. The van der Waals surface area contributed by atoms with Crippen LogP contribution >= 0.6 is 0 Å². The third kappa shape index (κ3) is 4.68. The number of piperidine rings is 1. The predicted octanol–water partition coefficient (Wildman–Crippen LogP) is 2.83. The van der Waals surface area contributed by atoms with Crippen molar-refractivity contribution in [2.45, 2.75) is 25.7 Å². The minimum atomic E-state index is -0.241. The van der Waals surface area contributed by atoms with E-state index >= 15 is 0 Å². The van der Waals surface area contributed by atoms with E-state index in [2.05, 4.69) is 37.6 Å². The van der Waals surface area contributed by atoms with Crippen LogP contribution in [0.25, 0.3) is 0 Å². The van der Waals surface area contributed by atoms with Crippen LogP contribution in [-0.2, 0) is 6.42 Å². The average Bonchev–Trinajstić information content (AvgIpc) is 2.63. The summed E-state index contributed by atoms with van der Waals surface area (Å²) >= 11 is 0. The zero-order valence-electron chi connectivity index (χ0n) is 13.7. The van der Waals surface area contributed by atoms with Crippen molar-refractivity contribution in [3.8, 4) is 0 Å². The van der Waals surface area contributed by atoms with Crippen LogP contribution < -0.4 is 15.5 Å². The minimum absolute atomic E-state index is 0.241. The van der Waals surface area contributed by atoms with E-state index in [0.717, 1.165) is 25.3 Å². The molecule has 1 aromatic carbocycles. The molecule has 2 amide bonds. The lowest BCUT2D eigenvalue weighted by molar-refractivity contribution is 0.252. The number of benzene rings is 1. The maximum atomic E-state index is 12.0. The van der Waals surface area contributed by atoms with Crippen LogP contribution in [0, 0.1) is 0 Å². The van der Waals surface area contributed by atoms with Crippen molar-refractivity contribution in [1.29, 1.82) is 0 Å². The third-order valence-corrected chi connectivity index (χ3v) is 4.12. The number of hydrogen-bond acceptors (Lipinski definition) is 4. The van der Waals surface area contributed by atoms with Gasteiger partial charge in [-0.3, -0.25) is 5.32 Å². The second kappa shape index (κ2) is 8.29. The number of carbonyl (C=O) groups excluding carboxylic acids is 1. The van der Waals surface area contributed by atoms with Crippen LogP contribution in [0.15, 0.2) is 42.7 Å². The summed E-state index contributed by atoms with van der Waals surface area (Å²) in [7, 11) is 0. The summed E-state index contributed by atoms with van der Waals surface area (Å²) in [6, 6.07) is 11.7. The Morgan fingerprint density at radius 1 is 1.08 bits per heavy atom. The van der Waals surface area contributed by atoms with Crippen LogP contribution in [0.5, 0.6) is 0 Å². The quantitative estimate of drug-likeness (QED) is 0.887. The summed E-state index contributed by atoms with van der Waals surface area (Å²) in [6.07, 6.45) is 5.95. The van der Waals surface area contributed by atoms with E-state index in [-0.39, 0.29) is 6.03 Å². The Kier molecular flexibility index (Phi) is 5.61. The summed E-state index contributed by atoms with van der Waals surface area (Å²) in [5, 5.41) is 5.63. The van der Waals surface area contributed by atoms with Gasteiger partial charge in [0.1, 0.15) is 18.0 Å². The molecule has 126 valence electrons. The molecular weight excluding hydrogens is 302 g/mol. The van der Waals surface area contributed by atoms with Gasteiger partial charge in [-0.15, -0.1) is 0 Å². The number of anilines is 2. The summed E-state index contributed by atoms with van der Waals surface area (Å²) in [5.74, 6) is 1.41. The van der Waals surface area contributed by atoms with E-state index in [1.807, 2.05) is 24.3 Å². The molecule has 6 nitrogen and oxygen atoms in total. The fourth-order valence-electron chi connectivity index (χ4n) is 2.84. The predicted molar refractivity (Wildman–Crippen MR) is 95.3 cm³/mol. The molecule has 24 heavy (non-hydrogen) atoms. The lowest BCUT2D eigenvalue weighted by atomic mass is 10.1. The van der Waals surface area contributed by atoms with Gasteiger partial charge in [0, 0.05) is 25.7 Å². The van der Waals surface area contributed by atoms with Crippen LogP contribution in [0.3, 0.4) is 0 Å². The molecule has 0 saturated carbocycles. The van der Waals surface area contributed by atoms with Crippen LogP contribution in [-0.4, -0.2) is 35.6 Å². The normalized spacial score (nSPS) is 14.2. The van der Waals surface area contributed by atoms with E-state index in [4.69, 9.17) is 0 Å². The van der Waals surface area contributed by atoms with E-state index in [0.29, 0.717) is 12.4 Å². The standard InChI is InChI=1S/C18H23N5O/c24-18(19-10-9-15-7-3-1-4-8-15)22-16-13-17(21-14-20-16)23-11-5-2-6-12-23/h1,3-4,7-8,13-14H,2,5-6,9-12H2,(H2,19,20,21,22,24). The van der Waals surface area contributed by atoms with Gasteiger partial charge < -0.3 is 10.2 Å². The molecule has 1 aromatic heterocycles. The highest BCUT2D eigenvalue weighted by Crippen LogP contribution is 2.18. The van der Waals surface area contributed by atoms with Crippen molar-refractivity contribution < 1.29 is 4.79 Å². The van der Waals surface area contributed by atoms with Crippen molar-refractivity contribution in [3.05, 3.63) is 48.3 Å². The largest absolute Gasteiger partial charge is 0.356 e. The number of carbonyl (C=O) groups is 1. The first-order valence-electron chi connectivity index (χ1n) is 8.47.